The Balaban J connectivity index is 2.38. The Bertz CT molecular complexity index is 446. The van der Waals surface area contributed by atoms with Crippen molar-refractivity contribution in [2.75, 3.05) is 7.11 Å². The number of methoxy groups -OCH3 is 1. The molecule has 20 heavy (non-hydrogen) atoms. The Hall–Kier alpha value is 0.425. The summed E-state index contributed by atoms with van der Waals surface area (Å²) in [5, 5.41) is 0. The minimum absolute atomic E-state index is 0.127. The molecule has 0 aromatic heterocycles. The van der Waals surface area contributed by atoms with Crippen LogP contribution in [0.15, 0.2) is 11.3 Å². The van der Waals surface area contributed by atoms with Crippen LogP contribution in [0.3, 0.4) is 0 Å². The first-order chi connectivity index (χ1) is 9.26. The molecule has 3 nitrogen and oxygen atoms in total. The summed E-state index contributed by atoms with van der Waals surface area (Å²) in [4.78, 5) is 12.0. The van der Waals surface area contributed by atoms with Crippen molar-refractivity contribution in [3.8, 4) is 0 Å². The van der Waals surface area contributed by atoms with Gasteiger partial charge in [-0.3, -0.25) is 0 Å². The van der Waals surface area contributed by atoms with E-state index in [2.05, 4.69) is 32.7 Å². The normalized spacial score (nSPS) is 35.7. The van der Waals surface area contributed by atoms with E-state index in [4.69, 9.17) is 9.47 Å². The number of allylic oxidation sites excluding steroid dienone is 1. The molecule has 1 aliphatic carbocycles. The van der Waals surface area contributed by atoms with Gasteiger partial charge >= 0.3 is 140 Å². The standard InChI is InChI=1S/C15H23O3.BrH.Hg/c1-10-11(13(16)17-5)9-12-14(2,3)7-6-8-15(12,4)18-10;;/h7,12H,6,8-9H2,1-5H3;1H;/q;;+1/p-1/t12-,15-;;/m0../s1. The molecule has 3 atom stereocenters. The van der Waals surface area contributed by atoms with Gasteiger partial charge in [-0.15, -0.1) is 0 Å². The van der Waals surface area contributed by atoms with Crippen LogP contribution in [-0.4, -0.2) is 18.7 Å². The van der Waals surface area contributed by atoms with E-state index in [-0.39, 0.29) is 17.0 Å². The number of carbonyl (C=O) groups is 1. The van der Waals surface area contributed by atoms with Gasteiger partial charge in [-0.2, -0.15) is 0 Å². The quantitative estimate of drug-likeness (QED) is 0.395. The summed E-state index contributed by atoms with van der Waals surface area (Å²) in [6, 6.07) is 0. The third-order valence-corrected chi connectivity index (χ3v) is 19.5. The van der Waals surface area contributed by atoms with E-state index in [0.717, 1.165) is 27.6 Å². The van der Waals surface area contributed by atoms with Gasteiger partial charge in [0.15, 0.2) is 0 Å². The van der Waals surface area contributed by atoms with Crippen molar-refractivity contribution in [3.05, 3.63) is 11.3 Å². The Morgan fingerprint density at radius 1 is 1.45 bits per heavy atom. The SMILES string of the molecule is COC(=O)C1=C(C)O[C@@]2(C)CC[C@H]([Hg][Br])C(C)(C)[C@@H]2C1. The first kappa shape index (κ1) is 16.8. The second-order valence-electron chi connectivity index (χ2n) is 6.91. The van der Waals surface area contributed by atoms with Crippen molar-refractivity contribution in [1.82, 2.24) is 0 Å². The summed E-state index contributed by atoms with van der Waals surface area (Å²) in [5.74, 6) is 0.920. The zero-order valence-corrected chi connectivity index (χ0v) is 20.2. The van der Waals surface area contributed by atoms with Gasteiger partial charge in [0.1, 0.15) is 0 Å². The van der Waals surface area contributed by atoms with Gasteiger partial charge in [0.05, 0.1) is 0 Å². The molecule has 1 aliphatic heterocycles. The molecule has 1 fully saturated rings. The van der Waals surface area contributed by atoms with Crippen LogP contribution in [0.1, 0.15) is 47.0 Å². The Morgan fingerprint density at radius 3 is 2.65 bits per heavy atom. The maximum absolute atomic E-state index is 12.0. The van der Waals surface area contributed by atoms with Crippen molar-refractivity contribution < 1.29 is 36.4 Å². The van der Waals surface area contributed by atoms with Crippen LogP contribution in [0.5, 0.6) is 0 Å². The molecule has 1 saturated carbocycles. The van der Waals surface area contributed by atoms with Gasteiger partial charge in [0.2, 0.25) is 0 Å². The van der Waals surface area contributed by atoms with E-state index in [9.17, 15) is 4.79 Å². The van der Waals surface area contributed by atoms with Gasteiger partial charge in [-0.05, 0) is 0 Å². The summed E-state index contributed by atoms with van der Waals surface area (Å²) in [6.07, 6.45) is 3.15. The fourth-order valence-electron chi connectivity index (χ4n) is 4.07. The molecule has 110 valence electrons. The molecular formula is C15H23BrHgO3. The molecule has 0 bridgehead atoms. The summed E-state index contributed by atoms with van der Waals surface area (Å²) >= 11 is 2.88. The number of rotatable bonds is 2. The maximum atomic E-state index is 12.0. The van der Waals surface area contributed by atoms with Crippen molar-refractivity contribution in [1.29, 1.82) is 0 Å². The van der Waals surface area contributed by atoms with Crippen LogP contribution in [0.25, 0.3) is 0 Å². The number of ether oxygens (including phenoxy) is 2. The van der Waals surface area contributed by atoms with E-state index < -0.39 is 22.1 Å². The molecule has 0 aromatic rings. The van der Waals surface area contributed by atoms with E-state index in [1.54, 1.807) is 0 Å². The molecule has 0 N–H and O–H groups in total. The fourth-order valence-corrected chi connectivity index (χ4v) is 18.3. The molecular weight excluding hydrogens is 509 g/mol. The number of fused-ring (bicyclic) bond motifs is 1. The fraction of sp³-hybridized carbons (Fsp3) is 0.800. The average Bonchev–Trinajstić information content (AvgIpc) is 2.37. The van der Waals surface area contributed by atoms with E-state index >= 15 is 0 Å². The summed E-state index contributed by atoms with van der Waals surface area (Å²) < 4.78 is 12.0. The van der Waals surface area contributed by atoms with Crippen LogP contribution in [0, 0.1) is 11.3 Å². The zero-order valence-electron chi connectivity index (χ0n) is 13.1. The summed E-state index contributed by atoms with van der Waals surface area (Å²) in [6.45, 7) is 8.84. The molecule has 0 saturated heterocycles. The van der Waals surface area contributed by atoms with E-state index in [0.29, 0.717) is 5.92 Å². The second kappa shape index (κ2) is 5.90. The average molecular weight is 532 g/mol. The Morgan fingerprint density at radius 2 is 2.10 bits per heavy atom. The van der Waals surface area contributed by atoms with Crippen molar-refractivity contribution in [3.63, 3.8) is 0 Å². The summed E-state index contributed by atoms with van der Waals surface area (Å²) in [7, 11) is 1.45. The van der Waals surface area contributed by atoms with E-state index in [1.807, 2.05) is 6.92 Å². The minimum atomic E-state index is -0.984. The number of hydrogen-bond donors (Lipinski definition) is 0. The first-order valence-corrected chi connectivity index (χ1v) is 22.4. The third-order valence-electron chi connectivity index (χ3n) is 5.51. The third kappa shape index (κ3) is 2.71. The Kier molecular flexibility index (Phi) is 4.96. The molecule has 0 aromatic carbocycles. The molecule has 0 amide bonds. The van der Waals surface area contributed by atoms with Crippen LogP contribution in [0.4, 0.5) is 0 Å². The van der Waals surface area contributed by atoms with Crippen LogP contribution >= 0.6 is 11.9 Å². The second-order valence-corrected chi connectivity index (χ2v) is 17.6. The number of carbonyl (C=O) groups excluding carboxylic acids is 1. The number of halogens is 1. The molecule has 2 rings (SSSR count). The van der Waals surface area contributed by atoms with E-state index in [1.165, 1.54) is 13.5 Å². The predicted molar refractivity (Wildman–Crippen MR) is 78.0 cm³/mol. The van der Waals surface area contributed by atoms with Crippen molar-refractivity contribution >= 4 is 17.9 Å². The first-order valence-electron chi connectivity index (χ1n) is 7.29. The van der Waals surface area contributed by atoms with Gasteiger partial charge in [0, 0.05) is 0 Å². The molecule has 1 heterocycles. The molecule has 0 spiro atoms. The molecule has 5 heteroatoms. The van der Waals surface area contributed by atoms with Crippen molar-refractivity contribution in [2.45, 2.75) is 56.0 Å². The molecule has 0 radical (unpaired) electrons. The molecule has 0 unspecified atom stereocenters. The molecule has 2 aliphatic rings. The van der Waals surface area contributed by atoms with Crippen LogP contribution < -0.4 is 0 Å². The number of hydrogen-bond acceptors (Lipinski definition) is 3. The van der Waals surface area contributed by atoms with Gasteiger partial charge in [-0.25, -0.2) is 0 Å². The van der Waals surface area contributed by atoms with Gasteiger partial charge in [-0.1, -0.05) is 0 Å². The monoisotopic (exact) mass is 532 g/mol. The van der Waals surface area contributed by atoms with Gasteiger partial charge < -0.3 is 0 Å². The zero-order chi connectivity index (χ0) is 15.1. The van der Waals surface area contributed by atoms with Crippen LogP contribution in [-0.2, 0) is 36.4 Å². The number of esters is 1. The predicted octanol–water partition coefficient (Wildman–Crippen LogP) is 4.23. The Labute approximate surface area is 139 Å². The van der Waals surface area contributed by atoms with Gasteiger partial charge in [0.25, 0.3) is 0 Å². The topological polar surface area (TPSA) is 35.5 Å². The van der Waals surface area contributed by atoms with Crippen molar-refractivity contribution in [2.24, 2.45) is 11.3 Å². The van der Waals surface area contributed by atoms with Crippen LogP contribution in [0.2, 0.25) is 3.43 Å². The summed E-state index contributed by atoms with van der Waals surface area (Å²) in [5.41, 5.74) is 0.838.